The molecule has 0 aromatic carbocycles. The van der Waals surface area contributed by atoms with Crippen molar-refractivity contribution in [1.82, 2.24) is 0 Å². The molecule has 64 heavy (non-hydrogen) atoms. The maximum absolute atomic E-state index is 13.2. The van der Waals surface area contributed by atoms with Crippen LogP contribution in [0.3, 0.4) is 0 Å². The predicted octanol–water partition coefficient (Wildman–Crippen LogP) is 1.35. The average molecular weight is 913 g/mol. The number of rotatable bonds is 9. The Kier molecular flexibility index (Phi) is 13.2. The van der Waals surface area contributed by atoms with Crippen LogP contribution in [-0.4, -0.2) is 169 Å². The van der Waals surface area contributed by atoms with Crippen molar-refractivity contribution < 1.29 is 84.3 Å². The second-order valence-electron chi connectivity index (χ2n) is 23.0. The molecule has 0 amide bonds. The third kappa shape index (κ3) is 7.58. The van der Waals surface area contributed by atoms with Gasteiger partial charge < -0.3 is 79.5 Å². The molecule has 0 unspecified atom stereocenters. The van der Waals surface area contributed by atoms with E-state index in [4.69, 9.17) is 28.4 Å². The maximum Gasteiger partial charge on any atom is 0.310 e. The minimum atomic E-state index is -1.84. The van der Waals surface area contributed by atoms with Gasteiger partial charge in [0.25, 0.3) is 0 Å². The molecule has 5 aliphatic carbocycles. The molecule has 3 aliphatic heterocycles. The van der Waals surface area contributed by atoms with Gasteiger partial charge in [0.1, 0.15) is 67.1 Å². The Morgan fingerprint density at radius 2 is 1.25 bits per heavy atom. The van der Waals surface area contributed by atoms with Gasteiger partial charge in [-0.2, -0.15) is 0 Å². The smallest absolute Gasteiger partial charge is 0.310 e. The second-order valence-corrected chi connectivity index (χ2v) is 23.0. The molecular weight excluding hydrogens is 836 g/mol. The molecule has 0 bridgehead atoms. The van der Waals surface area contributed by atoms with Gasteiger partial charge in [0, 0.05) is 0 Å². The summed E-state index contributed by atoms with van der Waals surface area (Å²) >= 11 is 0. The first kappa shape index (κ1) is 49.0. The number of aliphatic hydroxyl groups excluding tert-OH is 9. The Labute approximate surface area is 376 Å². The van der Waals surface area contributed by atoms with E-state index in [0.29, 0.717) is 25.2 Å². The zero-order valence-electron chi connectivity index (χ0n) is 38.5. The van der Waals surface area contributed by atoms with Crippen molar-refractivity contribution in [2.24, 2.45) is 50.2 Å². The second kappa shape index (κ2) is 17.2. The van der Waals surface area contributed by atoms with E-state index in [1.807, 2.05) is 0 Å². The van der Waals surface area contributed by atoms with Gasteiger partial charge >= 0.3 is 5.97 Å². The number of allylic oxidation sites excluding steroid dienone is 2. The highest BCUT2D eigenvalue weighted by Gasteiger charge is 2.70. The lowest BCUT2D eigenvalue weighted by Crippen LogP contribution is -2.67. The summed E-state index contributed by atoms with van der Waals surface area (Å²) in [5.74, 6) is -0.132. The highest BCUT2D eigenvalue weighted by Crippen LogP contribution is 2.76. The van der Waals surface area contributed by atoms with Crippen molar-refractivity contribution in [3.8, 4) is 0 Å². The Hall–Kier alpha value is -1.39. The molecule has 17 nitrogen and oxygen atoms in total. The SMILES string of the molecule is CC1(C)CC[C@]2(C(=O)O)CC[C@]3(C)C(=CC[C@@H]4[C@@]5(C)CC[C@H](O[C@@H]6OC[C@H](O)[C@H](O[C@@H]7O[C@H](CO)[C@@H](O)[C@H](O)[C@H]7O)[C@H]6O[C@@H]6O[C@H](CO)[C@H](O)[C@H](O)[C@H]6O)C(C)(C)[C@@H]5CC[C@]43C)[C@@H]2C1. The minimum absolute atomic E-state index is 0.0112. The topological polar surface area (TPSA) is 275 Å². The Balaban J connectivity index is 1.07. The quantitative estimate of drug-likeness (QED) is 0.116. The molecule has 366 valence electrons. The van der Waals surface area contributed by atoms with Crippen LogP contribution < -0.4 is 0 Å². The predicted molar refractivity (Wildman–Crippen MR) is 225 cm³/mol. The van der Waals surface area contributed by atoms with Crippen LogP contribution >= 0.6 is 0 Å². The molecule has 3 saturated heterocycles. The maximum atomic E-state index is 13.2. The lowest BCUT2D eigenvalue weighted by Gasteiger charge is -2.71. The molecule has 8 rings (SSSR count). The summed E-state index contributed by atoms with van der Waals surface area (Å²) in [7, 11) is 0. The molecule has 0 spiro atoms. The largest absolute Gasteiger partial charge is 0.481 e. The number of carboxylic acids is 1. The van der Waals surface area contributed by atoms with E-state index in [1.54, 1.807) is 0 Å². The number of ether oxygens (including phenoxy) is 6. The fourth-order valence-electron chi connectivity index (χ4n) is 14.9. The molecule has 3 heterocycles. The monoisotopic (exact) mass is 913 g/mol. The van der Waals surface area contributed by atoms with Crippen molar-refractivity contribution in [3.05, 3.63) is 11.6 Å². The highest BCUT2D eigenvalue weighted by atomic mass is 16.8. The van der Waals surface area contributed by atoms with Crippen LogP contribution in [-0.2, 0) is 33.2 Å². The van der Waals surface area contributed by atoms with Crippen LogP contribution in [0.15, 0.2) is 11.6 Å². The standard InChI is InChI=1S/C47H76O17/c1-42(2)14-16-47(41(57)58)17-15-45(6)22(23(47)18-42)8-9-28-44(5)12-11-29(43(3,4)27(44)10-13-46(28,45)7)62-40-37(64-39-35(56)33(54)31(52)26(20-49)61-39)36(24(50)21-59-40)63-38-34(55)32(53)30(51)25(19-48)60-38/h8,23-40,48-56H,9-21H2,1-7H3,(H,57,58)/t23-,24-,25+,26+,27-,28+,29-,30+,31-,32-,33-,34+,35+,36-,37+,38-,39-,40-,44-,45+,46+,47-/m0/s1. The number of fused-ring (bicyclic) bond motifs is 7. The van der Waals surface area contributed by atoms with E-state index < -0.39 is 122 Å². The van der Waals surface area contributed by atoms with Gasteiger partial charge in [-0.05, 0) is 109 Å². The summed E-state index contributed by atoms with van der Waals surface area (Å²) in [6.45, 7) is 14.5. The molecule has 0 aromatic heterocycles. The van der Waals surface area contributed by atoms with Gasteiger partial charge in [0.2, 0.25) is 0 Å². The van der Waals surface area contributed by atoms with Crippen molar-refractivity contribution in [1.29, 1.82) is 0 Å². The van der Waals surface area contributed by atoms with Crippen LogP contribution in [0.5, 0.6) is 0 Å². The van der Waals surface area contributed by atoms with E-state index >= 15 is 0 Å². The Morgan fingerprint density at radius 3 is 1.83 bits per heavy atom. The van der Waals surface area contributed by atoms with Crippen LogP contribution in [0.1, 0.15) is 113 Å². The molecule has 22 atom stereocenters. The summed E-state index contributed by atoms with van der Waals surface area (Å²) in [4.78, 5) is 13.2. The van der Waals surface area contributed by atoms with E-state index in [-0.39, 0.29) is 40.1 Å². The van der Waals surface area contributed by atoms with Crippen molar-refractivity contribution in [2.75, 3.05) is 19.8 Å². The number of aliphatic hydroxyl groups is 9. The number of hydrogen-bond acceptors (Lipinski definition) is 16. The molecule has 10 N–H and O–H groups in total. The first-order chi connectivity index (χ1) is 29.9. The normalized spacial score (nSPS) is 53.5. The molecule has 17 heteroatoms. The summed E-state index contributed by atoms with van der Waals surface area (Å²) in [6.07, 6.45) is -12.2. The first-order valence-corrected chi connectivity index (χ1v) is 23.7. The van der Waals surface area contributed by atoms with Gasteiger partial charge in [-0.1, -0.05) is 60.1 Å². The minimum Gasteiger partial charge on any atom is -0.481 e. The third-order valence-corrected chi connectivity index (χ3v) is 19.0. The van der Waals surface area contributed by atoms with Crippen molar-refractivity contribution in [2.45, 2.75) is 205 Å². The van der Waals surface area contributed by atoms with Gasteiger partial charge in [-0.25, -0.2) is 0 Å². The Morgan fingerprint density at radius 1 is 0.672 bits per heavy atom. The number of carboxylic acid groups (broad SMARTS) is 1. The van der Waals surface area contributed by atoms with E-state index in [9.17, 15) is 55.9 Å². The van der Waals surface area contributed by atoms with E-state index in [0.717, 1.165) is 44.9 Å². The molecule has 8 aliphatic rings. The lowest BCUT2D eigenvalue weighted by atomic mass is 9.33. The zero-order chi connectivity index (χ0) is 46.7. The summed E-state index contributed by atoms with van der Waals surface area (Å²) in [6, 6.07) is 0. The molecule has 4 saturated carbocycles. The number of aliphatic carboxylic acids is 1. The van der Waals surface area contributed by atoms with Gasteiger partial charge in [-0.15, -0.1) is 0 Å². The Bertz CT molecular complexity index is 1740. The first-order valence-electron chi connectivity index (χ1n) is 23.7. The van der Waals surface area contributed by atoms with Gasteiger partial charge in [-0.3, -0.25) is 4.79 Å². The van der Waals surface area contributed by atoms with Crippen molar-refractivity contribution in [3.63, 3.8) is 0 Å². The van der Waals surface area contributed by atoms with Crippen LogP contribution in [0.4, 0.5) is 0 Å². The summed E-state index contributed by atoms with van der Waals surface area (Å²) in [5.41, 5.74) is -0.0768. The van der Waals surface area contributed by atoms with Gasteiger partial charge in [0.15, 0.2) is 18.9 Å². The number of hydrogen-bond donors (Lipinski definition) is 10. The fourth-order valence-corrected chi connectivity index (χ4v) is 14.9. The molecule has 7 fully saturated rings. The van der Waals surface area contributed by atoms with Crippen LogP contribution in [0.25, 0.3) is 0 Å². The summed E-state index contributed by atoms with van der Waals surface area (Å²) < 4.78 is 36.9. The fraction of sp³-hybridized carbons (Fsp3) is 0.936. The van der Waals surface area contributed by atoms with Crippen LogP contribution in [0, 0.1) is 50.2 Å². The summed E-state index contributed by atoms with van der Waals surface area (Å²) in [5, 5.41) is 106. The highest BCUT2D eigenvalue weighted by molar-refractivity contribution is 5.76. The lowest BCUT2D eigenvalue weighted by molar-refractivity contribution is -0.389. The van der Waals surface area contributed by atoms with Crippen LogP contribution in [0.2, 0.25) is 0 Å². The van der Waals surface area contributed by atoms with E-state index in [2.05, 4.69) is 54.5 Å². The molecular formula is C47H76O17. The zero-order valence-corrected chi connectivity index (χ0v) is 38.5. The van der Waals surface area contributed by atoms with Gasteiger partial charge in [0.05, 0.1) is 31.3 Å². The third-order valence-electron chi connectivity index (χ3n) is 19.0. The average Bonchev–Trinajstić information content (AvgIpc) is 3.23. The molecule has 0 aromatic rings. The number of carbonyl (C=O) groups is 1. The van der Waals surface area contributed by atoms with E-state index in [1.165, 1.54) is 5.57 Å². The van der Waals surface area contributed by atoms with Crippen molar-refractivity contribution >= 4 is 5.97 Å². The molecule has 0 radical (unpaired) electrons.